The number of allylic oxidation sites excluding steroid dienone is 4. The minimum absolute atomic E-state index is 0.0345. The monoisotopic (exact) mass is 270 g/mol. The van der Waals surface area contributed by atoms with E-state index in [4.69, 9.17) is 4.74 Å². The summed E-state index contributed by atoms with van der Waals surface area (Å²) in [4.78, 5) is 23.9. The Morgan fingerprint density at radius 1 is 1.15 bits per heavy atom. The highest BCUT2D eigenvalue weighted by Crippen LogP contribution is 2.30. The summed E-state index contributed by atoms with van der Waals surface area (Å²) in [7, 11) is 1.35. The van der Waals surface area contributed by atoms with Gasteiger partial charge in [-0.15, -0.1) is 6.58 Å². The van der Waals surface area contributed by atoms with E-state index in [0.29, 0.717) is 5.57 Å². The molecule has 2 rings (SSSR count). The highest BCUT2D eigenvalue weighted by Gasteiger charge is 2.26. The summed E-state index contributed by atoms with van der Waals surface area (Å²) < 4.78 is 4.84. The first kappa shape index (κ1) is 13.8. The van der Waals surface area contributed by atoms with E-state index in [0.717, 1.165) is 5.56 Å². The van der Waals surface area contributed by atoms with Gasteiger partial charge in [-0.2, -0.15) is 0 Å². The standard InChI is InChI=1S/C16H14O4/c1-3-12(10-4-6-11(17)7-5-10)13-8-15(19)16(20-2)9-14(13)18/h3-9,12,17H,1H2,2H3/t12-/m0/s1. The second kappa shape index (κ2) is 5.57. The molecule has 1 aliphatic rings. The zero-order chi connectivity index (χ0) is 14.7. The molecule has 1 aromatic rings. The Morgan fingerprint density at radius 2 is 1.80 bits per heavy atom. The summed E-state index contributed by atoms with van der Waals surface area (Å²) in [5.74, 6) is -0.848. The third-order valence-corrected chi connectivity index (χ3v) is 3.12. The van der Waals surface area contributed by atoms with Gasteiger partial charge in [-0.1, -0.05) is 18.2 Å². The lowest BCUT2D eigenvalue weighted by atomic mass is 9.85. The van der Waals surface area contributed by atoms with Gasteiger partial charge in [0, 0.05) is 17.6 Å². The van der Waals surface area contributed by atoms with Crippen LogP contribution < -0.4 is 0 Å². The van der Waals surface area contributed by atoms with Crippen molar-refractivity contribution in [3.63, 3.8) is 0 Å². The third kappa shape index (κ3) is 2.54. The Bertz CT molecular complexity index is 620. The third-order valence-electron chi connectivity index (χ3n) is 3.12. The van der Waals surface area contributed by atoms with Crippen LogP contribution in [0.2, 0.25) is 0 Å². The van der Waals surface area contributed by atoms with Crippen LogP contribution in [0.1, 0.15) is 11.5 Å². The fourth-order valence-corrected chi connectivity index (χ4v) is 2.08. The van der Waals surface area contributed by atoms with Crippen LogP contribution in [0.25, 0.3) is 0 Å². The van der Waals surface area contributed by atoms with E-state index >= 15 is 0 Å². The number of benzene rings is 1. The minimum Gasteiger partial charge on any atom is -0.508 e. The van der Waals surface area contributed by atoms with E-state index in [-0.39, 0.29) is 23.1 Å². The summed E-state index contributed by atoms with van der Waals surface area (Å²) >= 11 is 0. The molecule has 1 atom stereocenters. The molecule has 0 spiro atoms. The van der Waals surface area contributed by atoms with E-state index in [1.54, 1.807) is 18.2 Å². The normalized spacial score (nSPS) is 16.2. The number of ketones is 2. The number of aromatic hydroxyl groups is 1. The van der Waals surface area contributed by atoms with Gasteiger partial charge in [-0.05, 0) is 23.8 Å². The van der Waals surface area contributed by atoms with E-state index in [2.05, 4.69) is 6.58 Å². The van der Waals surface area contributed by atoms with Crippen molar-refractivity contribution in [2.45, 2.75) is 5.92 Å². The predicted octanol–water partition coefficient (Wildman–Crippen LogP) is 2.27. The van der Waals surface area contributed by atoms with E-state index in [1.165, 1.54) is 31.4 Å². The number of carbonyl (C=O) groups is 2. The molecule has 0 saturated heterocycles. The SMILES string of the molecule is C=C[C@H](C1=CC(=O)C(OC)=CC1=O)c1ccc(O)cc1. The molecule has 4 heteroatoms. The smallest absolute Gasteiger partial charge is 0.220 e. The van der Waals surface area contributed by atoms with Crippen molar-refractivity contribution in [3.8, 4) is 5.75 Å². The summed E-state index contributed by atoms with van der Waals surface area (Å²) in [6.07, 6.45) is 4.06. The minimum atomic E-state index is -0.401. The van der Waals surface area contributed by atoms with Crippen molar-refractivity contribution in [1.82, 2.24) is 0 Å². The lowest BCUT2D eigenvalue weighted by Crippen LogP contribution is -2.18. The molecule has 0 radical (unpaired) electrons. The molecule has 0 saturated carbocycles. The molecule has 0 heterocycles. The largest absolute Gasteiger partial charge is 0.508 e. The zero-order valence-electron chi connectivity index (χ0n) is 11.0. The second-order valence-electron chi connectivity index (χ2n) is 4.35. The van der Waals surface area contributed by atoms with Gasteiger partial charge in [0.25, 0.3) is 0 Å². The highest BCUT2D eigenvalue weighted by atomic mass is 16.5. The molecule has 0 amide bonds. The van der Waals surface area contributed by atoms with Gasteiger partial charge < -0.3 is 9.84 Å². The molecular weight excluding hydrogens is 256 g/mol. The summed E-state index contributed by atoms with van der Waals surface area (Å²) in [6.45, 7) is 3.71. The quantitative estimate of drug-likeness (QED) is 0.673. The molecule has 1 aromatic carbocycles. The summed E-state index contributed by atoms with van der Waals surface area (Å²) in [5, 5.41) is 9.29. The molecule has 1 N–H and O–H groups in total. The maximum Gasteiger partial charge on any atom is 0.220 e. The van der Waals surface area contributed by atoms with Crippen LogP contribution in [0.5, 0.6) is 5.75 Å². The molecule has 0 aromatic heterocycles. The molecule has 0 unspecified atom stereocenters. The van der Waals surface area contributed by atoms with E-state index < -0.39 is 5.92 Å². The lowest BCUT2D eigenvalue weighted by Gasteiger charge is -2.18. The maximum absolute atomic E-state index is 12.1. The average Bonchev–Trinajstić information content (AvgIpc) is 2.45. The van der Waals surface area contributed by atoms with Crippen molar-refractivity contribution in [1.29, 1.82) is 0 Å². The molecule has 0 bridgehead atoms. The fraction of sp³-hybridized carbons (Fsp3) is 0.125. The van der Waals surface area contributed by atoms with Crippen LogP contribution in [0.4, 0.5) is 0 Å². The Morgan fingerprint density at radius 3 is 2.35 bits per heavy atom. The first-order chi connectivity index (χ1) is 9.56. The van der Waals surface area contributed by atoms with Crippen LogP contribution in [0, 0.1) is 0 Å². The Balaban J connectivity index is 2.38. The van der Waals surface area contributed by atoms with Crippen molar-refractivity contribution < 1.29 is 19.4 Å². The van der Waals surface area contributed by atoms with Crippen LogP contribution in [0.15, 0.2) is 60.4 Å². The molecule has 4 nitrogen and oxygen atoms in total. The number of carbonyl (C=O) groups excluding carboxylic acids is 2. The van der Waals surface area contributed by atoms with Gasteiger partial charge in [0.15, 0.2) is 11.5 Å². The van der Waals surface area contributed by atoms with Crippen molar-refractivity contribution >= 4 is 11.6 Å². The van der Waals surface area contributed by atoms with Gasteiger partial charge in [-0.25, -0.2) is 0 Å². The van der Waals surface area contributed by atoms with Crippen molar-refractivity contribution in [2.24, 2.45) is 0 Å². The average molecular weight is 270 g/mol. The van der Waals surface area contributed by atoms with Gasteiger partial charge >= 0.3 is 0 Å². The first-order valence-corrected chi connectivity index (χ1v) is 6.04. The molecular formula is C16H14O4. The van der Waals surface area contributed by atoms with Crippen molar-refractivity contribution in [3.05, 3.63) is 66.0 Å². The van der Waals surface area contributed by atoms with Crippen LogP contribution in [0.3, 0.4) is 0 Å². The topological polar surface area (TPSA) is 63.6 Å². The molecule has 0 fully saturated rings. The first-order valence-electron chi connectivity index (χ1n) is 6.04. The van der Waals surface area contributed by atoms with Crippen LogP contribution >= 0.6 is 0 Å². The Hall–Kier alpha value is -2.62. The number of methoxy groups -OCH3 is 1. The number of hydrogen-bond donors (Lipinski definition) is 1. The summed E-state index contributed by atoms with van der Waals surface area (Å²) in [5.41, 5.74) is 1.12. The zero-order valence-corrected chi connectivity index (χ0v) is 11.0. The van der Waals surface area contributed by atoms with E-state index in [9.17, 15) is 14.7 Å². The number of hydrogen-bond acceptors (Lipinski definition) is 4. The van der Waals surface area contributed by atoms with Gasteiger partial charge in [0.1, 0.15) is 5.75 Å². The molecule has 0 aliphatic heterocycles. The summed E-state index contributed by atoms with van der Waals surface area (Å²) in [6, 6.07) is 6.43. The number of phenols is 1. The Labute approximate surface area is 116 Å². The van der Waals surface area contributed by atoms with E-state index in [1.807, 2.05) is 0 Å². The Kier molecular flexibility index (Phi) is 3.84. The number of ether oxygens (including phenoxy) is 1. The predicted molar refractivity (Wildman–Crippen MR) is 74.2 cm³/mol. The second-order valence-corrected chi connectivity index (χ2v) is 4.35. The fourth-order valence-electron chi connectivity index (χ4n) is 2.08. The van der Waals surface area contributed by atoms with Crippen LogP contribution in [-0.4, -0.2) is 23.8 Å². The van der Waals surface area contributed by atoms with Gasteiger partial charge in [-0.3, -0.25) is 9.59 Å². The number of rotatable bonds is 4. The maximum atomic E-state index is 12.1. The van der Waals surface area contributed by atoms with Crippen molar-refractivity contribution in [2.75, 3.05) is 7.11 Å². The highest BCUT2D eigenvalue weighted by molar-refractivity contribution is 6.19. The van der Waals surface area contributed by atoms with Crippen LogP contribution in [-0.2, 0) is 14.3 Å². The lowest BCUT2D eigenvalue weighted by molar-refractivity contribution is -0.117. The molecule has 20 heavy (non-hydrogen) atoms. The van der Waals surface area contributed by atoms with Gasteiger partial charge in [0.2, 0.25) is 5.78 Å². The molecule has 1 aliphatic carbocycles. The molecule has 102 valence electrons. The van der Waals surface area contributed by atoms with Gasteiger partial charge in [0.05, 0.1) is 7.11 Å². The number of phenolic OH excluding ortho intramolecular Hbond substituents is 1.